The van der Waals surface area contributed by atoms with Crippen molar-refractivity contribution in [2.24, 2.45) is 11.7 Å². The summed E-state index contributed by atoms with van der Waals surface area (Å²) in [5.41, 5.74) is 7.24. The third-order valence-electron chi connectivity index (χ3n) is 2.43. The molecule has 3 nitrogen and oxygen atoms in total. The molecule has 0 aromatic carbocycles. The quantitative estimate of drug-likeness (QED) is 0.780. The number of nitrogens with zero attached hydrogens (tertiary/aromatic N) is 1. The zero-order chi connectivity index (χ0) is 10.6. The van der Waals surface area contributed by atoms with Crippen molar-refractivity contribution in [3.63, 3.8) is 0 Å². The summed E-state index contributed by atoms with van der Waals surface area (Å²) in [5, 5.41) is 0. The number of aromatic nitrogens is 1. The zero-order valence-corrected chi connectivity index (χ0v) is 9.23. The highest BCUT2D eigenvalue weighted by atomic mass is 16.5. The molecule has 1 aromatic heterocycles. The topological polar surface area (TPSA) is 40.2 Å². The largest absolute Gasteiger partial charge is 0.383 e. The molecule has 1 atom stereocenters. The Morgan fingerprint density at radius 3 is 2.79 bits per heavy atom. The smallest absolute Gasteiger partial charge is 0.0641 e. The first kappa shape index (κ1) is 11.3. The molecule has 0 saturated carbocycles. The van der Waals surface area contributed by atoms with Crippen LogP contribution in [0.2, 0.25) is 0 Å². The highest BCUT2D eigenvalue weighted by Gasteiger charge is 2.11. The third-order valence-corrected chi connectivity index (χ3v) is 2.43. The van der Waals surface area contributed by atoms with Crippen molar-refractivity contribution in [1.82, 2.24) is 4.57 Å². The monoisotopic (exact) mass is 196 g/mol. The van der Waals surface area contributed by atoms with Crippen LogP contribution in [0.4, 0.5) is 0 Å². The molecule has 0 aliphatic carbocycles. The lowest BCUT2D eigenvalue weighted by molar-refractivity contribution is 0.187. The Morgan fingerprint density at radius 2 is 2.21 bits per heavy atom. The van der Waals surface area contributed by atoms with Crippen LogP contribution in [0.1, 0.15) is 25.5 Å². The van der Waals surface area contributed by atoms with Crippen molar-refractivity contribution in [2.75, 3.05) is 13.7 Å². The second-order valence-corrected chi connectivity index (χ2v) is 3.95. The Labute approximate surface area is 85.9 Å². The van der Waals surface area contributed by atoms with E-state index in [1.165, 1.54) is 5.56 Å². The molecule has 0 saturated heterocycles. The lowest BCUT2D eigenvalue weighted by Crippen LogP contribution is -2.16. The van der Waals surface area contributed by atoms with Crippen molar-refractivity contribution in [2.45, 2.75) is 26.4 Å². The minimum absolute atomic E-state index is 0.138. The number of nitrogens with two attached hydrogens (primary N) is 1. The molecule has 0 amide bonds. The first-order valence-corrected chi connectivity index (χ1v) is 5.05. The molecular weight excluding hydrogens is 176 g/mol. The fraction of sp³-hybridized carbons (Fsp3) is 0.636. The Hall–Kier alpha value is -0.800. The Kier molecular flexibility index (Phi) is 4.17. The van der Waals surface area contributed by atoms with Crippen LogP contribution in [0, 0.1) is 5.92 Å². The van der Waals surface area contributed by atoms with Gasteiger partial charge in [-0.2, -0.15) is 0 Å². The second kappa shape index (κ2) is 5.17. The normalized spacial score (nSPS) is 13.5. The highest BCUT2D eigenvalue weighted by Crippen LogP contribution is 2.18. The summed E-state index contributed by atoms with van der Waals surface area (Å²) in [6.07, 6.45) is 4.15. The van der Waals surface area contributed by atoms with Crippen LogP contribution in [-0.4, -0.2) is 18.3 Å². The van der Waals surface area contributed by atoms with E-state index < -0.39 is 0 Å². The maximum atomic E-state index is 6.04. The first-order valence-electron chi connectivity index (χ1n) is 5.05. The van der Waals surface area contributed by atoms with Gasteiger partial charge < -0.3 is 15.0 Å². The fourth-order valence-corrected chi connectivity index (χ4v) is 1.38. The van der Waals surface area contributed by atoms with Crippen molar-refractivity contribution in [1.29, 1.82) is 0 Å². The maximum Gasteiger partial charge on any atom is 0.0641 e. The summed E-state index contributed by atoms with van der Waals surface area (Å²) in [6.45, 7) is 5.90. The minimum Gasteiger partial charge on any atom is -0.383 e. The van der Waals surface area contributed by atoms with E-state index >= 15 is 0 Å². The van der Waals surface area contributed by atoms with Gasteiger partial charge in [-0.1, -0.05) is 13.8 Å². The van der Waals surface area contributed by atoms with E-state index in [9.17, 15) is 0 Å². The average Bonchev–Trinajstić information content (AvgIpc) is 2.61. The zero-order valence-electron chi connectivity index (χ0n) is 9.23. The van der Waals surface area contributed by atoms with Crippen LogP contribution in [0.15, 0.2) is 18.5 Å². The third kappa shape index (κ3) is 2.86. The summed E-state index contributed by atoms with van der Waals surface area (Å²) in [4.78, 5) is 0. The molecular formula is C11H20N2O. The first-order chi connectivity index (χ1) is 6.65. The SMILES string of the molecule is COCCn1ccc(C(N)C(C)C)c1. The van der Waals surface area contributed by atoms with Crippen molar-refractivity contribution in [3.05, 3.63) is 24.0 Å². The van der Waals surface area contributed by atoms with E-state index in [1.54, 1.807) is 7.11 Å². The summed E-state index contributed by atoms with van der Waals surface area (Å²) in [7, 11) is 1.71. The minimum atomic E-state index is 0.138. The van der Waals surface area contributed by atoms with Crippen molar-refractivity contribution < 1.29 is 4.74 Å². The van der Waals surface area contributed by atoms with Gasteiger partial charge in [0.25, 0.3) is 0 Å². The standard InChI is InChI=1S/C11H20N2O/c1-9(2)11(12)10-4-5-13(8-10)6-7-14-3/h4-5,8-9,11H,6-7,12H2,1-3H3. The van der Waals surface area contributed by atoms with Gasteiger partial charge in [0.2, 0.25) is 0 Å². The average molecular weight is 196 g/mol. The summed E-state index contributed by atoms with van der Waals surface area (Å²) >= 11 is 0. The van der Waals surface area contributed by atoms with Gasteiger partial charge in [0.15, 0.2) is 0 Å². The van der Waals surface area contributed by atoms with E-state index in [0.717, 1.165) is 13.2 Å². The lowest BCUT2D eigenvalue weighted by atomic mass is 10.00. The molecule has 1 heterocycles. The van der Waals surface area contributed by atoms with Crippen molar-refractivity contribution in [3.8, 4) is 0 Å². The van der Waals surface area contributed by atoms with Gasteiger partial charge in [-0.25, -0.2) is 0 Å². The van der Waals surface area contributed by atoms with Crippen LogP contribution in [0.3, 0.4) is 0 Å². The van der Waals surface area contributed by atoms with Crippen LogP contribution in [-0.2, 0) is 11.3 Å². The molecule has 0 aliphatic rings. The number of methoxy groups -OCH3 is 1. The molecule has 1 rings (SSSR count). The van der Waals surface area contributed by atoms with Gasteiger partial charge >= 0.3 is 0 Å². The number of hydrogen-bond donors (Lipinski definition) is 1. The molecule has 0 radical (unpaired) electrons. The summed E-state index contributed by atoms with van der Waals surface area (Å²) in [6, 6.07) is 2.22. The molecule has 0 fully saturated rings. The Bertz CT molecular complexity index is 268. The molecule has 0 spiro atoms. The molecule has 0 aliphatic heterocycles. The summed E-state index contributed by atoms with van der Waals surface area (Å²) in [5.74, 6) is 0.480. The lowest BCUT2D eigenvalue weighted by Gasteiger charge is -2.13. The van der Waals surface area contributed by atoms with Gasteiger partial charge in [-0.05, 0) is 17.5 Å². The Morgan fingerprint density at radius 1 is 1.50 bits per heavy atom. The molecule has 80 valence electrons. The van der Waals surface area contributed by atoms with E-state index in [2.05, 4.69) is 36.9 Å². The molecule has 14 heavy (non-hydrogen) atoms. The van der Waals surface area contributed by atoms with Crippen molar-refractivity contribution >= 4 is 0 Å². The highest BCUT2D eigenvalue weighted by molar-refractivity contribution is 5.15. The van der Waals surface area contributed by atoms with Gasteiger partial charge in [0, 0.05) is 32.1 Å². The van der Waals surface area contributed by atoms with Gasteiger partial charge in [-0.3, -0.25) is 0 Å². The molecule has 3 heteroatoms. The maximum absolute atomic E-state index is 6.04. The molecule has 0 bridgehead atoms. The van der Waals surface area contributed by atoms with E-state index in [1.807, 2.05) is 0 Å². The number of hydrogen-bond acceptors (Lipinski definition) is 2. The Balaban J connectivity index is 2.58. The fourth-order valence-electron chi connectivity index (χ4n) is 1.38. The molecule has 2 N–H and O–H groups in total. The van der Waals surface area contributed by atoms with E-state index in [4.69, 9.17) is 10.5 Å². The van der Waals surface area contributed by atoms with E-state index in [0.29, 0.717) is 5.92 Å². The number of ether oxygens (including phenoxy) is 1. The van der Waals surface area contributed by atoms with Gasteiger partial charge in [-0.15, -0.1) is 0 Å². The predicted octanol–water partition coefficient (Wildman–Crippen LogP) is 1.79. The predicted molar refractivity (Wildman–Crippen MR) is 58.1 cm³/mol. The number of rotatable bonds is 5. The van der Waals surface area contributed by atoms with Crippen LogP contribution in [0.25, 0.3) is 0 Å². The van der Waals surface area contributed by atoms with E-state index in [-0.39, 0.29) is 6.04 Å². The van der Waals surface area contributed by atoms with Crippen LogP contribution >= 0.6 is 0 Å². The van der Waals surface area contributed by atoms with Crippen LogP contribution in [0.5, 0.6) is 0 Å². The van der Waals surface area contributed by atoms with Gasteiger partial charge in [0.1, 0.15) is 0 Å². The second-order valence-electron chi connectivity index (χ2n) is 3.95. The summed E-state index contributed by atoms with van der Waals surface area (Å²) < 4.78 is 7.12. The van der Waals surface area contributed by atoms with Gasteiger partial charge in [0.05, 0.1) is 6.61 Å². The molecule has 1 aromatic rings. The molecule has 1 unspecified atom stereocenters. The van der Waals surface area contributed by atoms with Crippen LogP contribution < -0.4 is 5.73 Å².